The molecular formula is C14H24N2O. The van der Waals surface area contributed by atoms with Gasteiger partial charge < -0.3 is 15.0 Å². The molecule has 0 aromatic carbocycles. The van der Waals surface area contributed by atoms with Crippen molar-refractivity contribution in [2.75, 3.05) is 13.2 Å². The lowest BCUT2D eigenvalue weighted by Crippen LogP contribution is -2.38. The molecule has 17 heavy (non-hydrogen) atoms. The summed E-state index contributed by atoms with van der Waals surface area (Å²) >= 11 is 0. The molecule has 0 amide bonds. The van der Waals surface area contributed by atoms with E-state index >= 15 is 0 Å². The lowest BCUT2D eigenvalue weighted by Gasteiger charge is -2.35. The van der Waals surface area contributed by atoms with E-state index in [1.54, 1.807) is 0 Å². The lowest BCUT2D eigenvalue weighted by atomic mass is 9.74. The van der Waals surface area contributed by atoms with E-state index in [9.17, 15) is 5.11 Å². The second kappa shape index (κ2) is 5.69. The minimum Gasteiger partial charge on any atom is -0.396 e. The zero-order chi connectivity index (χ0) is 12.1. The molecule has 3 nitrogen and oxygen atoms in total. The highest BCUT2D eigenvalue weighted by atomic mass is 16.3. The van der Waals surface area contributed by atoms with Crippen LogP contribution in [0.4, 0.5) is 0 Å². The average molecular weight is 236 g/mol. The zero-order valence-corrected chi connectivity index (χ0v) is 10.8. The summed E-state index contributed by atoms with van der Waals surface area (Å²) in [5.74, 6) is 0. The molecule has 2 rings (SSSR count). The molecule has 0 unspecified atom stereocenters. The summed E-state index contributed by atoms with van der Waals surface area (Å²) in [6.07, 6.45) is 10.4. The summed E-state index contributed by atoms with van der Waals surface area (Å²) < 4.78 is 2.07. The first-order chi connectivity index (χ1) is 8.24. The molecule has 0 bridgehead atoms. The predicted molar refractivity (Wildman–Crippen MR) is 69.7 cm³/mol. The van der Waals surface area contributed by atoms with Gasteiger partial charge in [0, 0.05) is 44.6 Å². The number of aromatic nitrogens is 1. The van der Waals surface area contributed by atoms with Gasteiger partial charge in [-0.25, -0.2) is 0 Å². The van der Waals surface area contributed by atoms with Crippen LogP contribution in [0, 0.1) is 5.41 Å². The number of nitrogens with zero attached hydrogens (tertiary/aromatic N) is 1. The molecule has 96 valence electrons. The van der Waals surface area contributed by atoms with Crippen molar-refractivity contribution in [1.82, 2.24) is 9.88 Å². The molecule has 1 aliphatic carbocycles. The van der Waals surface area contributed by atoms with Gasteiger partial charge >= 0.3 is 0 Å². The van der Waals surface area contributed by atoms with E-state index in [0.29, 0.717) is 6.61 Å². The summed E-state index contributed by atoms with van der Waals surface area (Å²) in [7, 11) is 2.04. The highest BCUT2D eigenvalue weighted by Crippen LogP contribution is 2.35. The molecule has 1 fully saturated rings. The SMILES string of the molecule is Cn1ccc(CNCC2(CO)CCCCC2)c1. The van der Waals surface area contributed by atoms with Crippen LogP contribution in [-0.2, 0) is 13.6 Å². The Labute approximate surface area is 104 Å². The fraction of sp³-hybridized carbons (Fsp3) is 0.714. The van der Waals surface area contributed by atoms with Crippen molar-refractivity contribution in [3.05, 3.63) is 24.0 Å². The molecule has 1 aromatic heterocycles. The van der Waals surface area contributed by atoms with E-state index < -0.39 is 0 Å². The number of aliphatic hydroxyl groups excluding tert-OH is 1. The maximum absolute atomic E-state index is 9.60. The number of nitrogens with one attached hydrogen (secondary N) is 1. The molecule has 2 N–H and O–H groups in total. The Bertz CT molecular complexity index is 340. The van der Waals surface area contributed by atoms with Gasteiger partial charge in [0.2, 0.25) is 0 Å². The third kappa shape index (κ3) is 3.33. The van der Waals surface area contributed by atoms with Crippen LogP contribution in [0.3, 0.4) is 0 Å². The fourth-order valence-electron chi connectivity index (χ4n) is 2.83. The Morgan fingerprint density at radius 3 is 2.71 bits per heavy atom. The molecule has 3 heteroatoms. The van der Waals surface area contributed by atoms with E-state index in [1.807, 2.05) is 7.05 Å². The summed E-state index contributed by atoms with van der Waals surface area (Å²) in [5, 5.41) is 13.1. The maximum atomic E-state index is 9.60. The van der Waals surface area contributed by atoms with Crippen molar-refractivity contribution in [3.63, 3.8) is 0 Å². The Balaban J connectivity index is 1.79. The largest absolute Gasteiger partial charge is 0.396 e. The molecule has 1 saturated carbocycles. The number of hydrogen-bond acceptors (Lipinski definition) is 2. The first kappa shape index (κ1) is 12.7. The smallest absolute Gasteiger partial charge is 0.0499 e. The standard InChI is InChI=1S/C14H24N2O/c1-16-8-5-13(10-16)9-15-11-14(12-17)6-3-2-4-7-14/h5,8,10,15,17H,2-4,6-7,9,11-12H2,1H3. The van der Waals surface area contributed by atoms with Gasteiger partial charge in [-0.05, 0) is 24.5 Å². The predicted octanol–water partition coefficient (Wildman–Crippen LogP) is 2.06. The normalized spacial score (nSPS) is 19.4. The van der Waals surface area contributed by atoms with Crippen molar-refractivity contribution in [3.8, 4) is 0 Å². The van der Waals surface area contributed by atoms with Crippen LogP contribution in [-0.4, -0.2) is 22.8 Å². The first-order valence-corrected chi connectivity index (χ1v) is 6.67. The highest BCUT2D eigenvalue weighted by molar-refractivity contribution is 5.09. The van der Waals surface area contributed by atoms with Crippen molar-refractivity contribution >= 4 is 0 Å². The third-order valence-electron chi connectivity index (χ3n) is 3.97. The zero-order valence-electron chi connectivity index (χ0n) is 10.8. The molecular weight excluding hydrogens is 212 g/mol. The van der Waals surface area contributed by atoms with Gasteiger partial charge in [-0.3, -0.25) is 0 Å². The maximum Gasteiger partial charge on any atom is 0.0499 e. The van der Waals surface area contributed by atoms with E-state index in [2.05, 4.69) is 28.3 Å². The molecule has 0 aliphatic heterocycles. The molecule has 0 atom stereocenters. The topological polar surface area (TPSA) is 37.2 Å². The van der Waals surface area contributed by atoms with Crippen LogP contribution in [0.2, 0.25) is 0 Å². The monoisotopic (exact) mass is 236 g/mol. The Morgan fingerprint density at radius 1 is 1.35 bits per heavy atom. The van der Waals surface area contributed by atoms with Crippen molar-refractivity contribution in [1.29, 1.82) is 0 Å². The van der Waals surface area contributed by atoms with Crippen LogP contribution in [0.25, 0.3) is 0 Å². The highest BCUT2D eigenvalue weighted by Gasteiger charge is 2.30. The Morgan fingerprint density at radius 2 is 2.12 bits per heavy atom. The quantitative estimate of drug-likeness (QED) is 0.821. The molecule has 0 saturated heterocycles. The van der Waals surface area contributed by atoms with Gasteiger partial charge in [0.15, 0.2) is 0 Å². The minimum absolute atomic E-state index is 0.146. The van der Waals surface area contributed by atoms with Crippen molar-refractivity contribution < 1.29 is 5.11 Å². The Kier molecular flexibility index (Phi) is 4.24. The van der Waals surface area contributed by atoms with Crippen LogP contribution in [0.1, 0.15) is 37.7 Å². The average Bonchev–Trinajstić information content (AvgIpc) is 2.76. The molecule has 0 spiro atoms. The van der Waals surface area contributed by atoms with E-state index in [1.165, 1.54) is 37.7 Å². The number of aliphatic hydroxyl groups is 1. The third-order valence-corrected chi connectivity index (χ3v) is 3.97. The summed E-state index contributed by atoms with van der Waals surface area (Å²) in [4.78, 5) is 0. The summed E-state index contributed by atoms with van der Waals surface area (Å²) in [5.41, 5.74) is 1.46. The van der Waals surface area contributed by atoms with Gasteiger partial charge in [0.05, 0.1) is 0 Å². The Hall–Kier alpha value is -0.800. The molecule has 1 aromatic rings. The van der Waals surface area contributed by atoms with Crippen molar-refractivity contribution in [2.24, 2.45) is 12.5 Å². The van der Waals surface area contributed by atoms with Crippen LogP contribution >= 0.6 is 0 Å². The van der Waals surface area contributed by atoms with Gasteiger partial charge in [0.25, 0.3) is 0 Å². The van der Waals surface area contributed by atoms with Gasteiger partial charge in [-0.2, -0.15) is 0 Å². The molecule has 1 aliphatic rings. The van der Waals surface area contributed by atoms with Crippen LogP contribution < -0.4 is 5.32 Å². The summed E-state index contributed by atoms with van der Waals surface area (Å²) in [6.45, 7) is 2.18. The van der Waals surface area contributed by atoms with Gasteiger partial charge in [-0.1, -0.05) is 19.3 Å². The van der Waals surface area contributed by atoms with E-state index in [4.69, 9.17) is 0 Å². The number of rotatable bonds is 5. The van der Waals surface area contributed by atoms with E-state index in [-0.39, 0.29) is 5.41 Å². The molecule has 1 heterocycles. The lowest BCUT2D eigenvalue weighted by molar-refractivity contribution is 0.0810. The molecule has 0 radical (unpaired) electrons. The summed E-state index contributed by atoms with van der Waals surface area (Å²) in [6, 6.07) is 2.14. The van der Waals surface area contributed by atoms with Gasteiger partial charge in [0.1, 0.15) is 0 Å². The second-order valence-corrected chi connectivity index (χ2v) is 5.51. The number of aryl methyl sites for hydroxylation is 1. The van der Waals surface area contributed by atoms with Crippen molar-refractivity contribution in [2.45, 2.75) is 38.6 Å². The fourth-order valence-corrected chi connectivity index (χ4v) is 2.83. The van der Waals surface area contributed by atoms with Crippen LogP contribution in [0.5, 0.6) is 0 Å². The van der Waals surface area contributed by atoms with Gasteiger partial charge in [-0.15, -0.1) is 0 Å². The minimum atomic E-state index is 0.146. The number of hydrogen-bond donors (Lipinski definition) is 2. The van der Waals surface area contributed by atoms with Crippen LogP contribution in [0.15, 0.2) is 18.5 Å². The first-order valence-electron chi connectivity index (χ1n) is 6.67. The van der Waals surface area contributed by atoms with E-state index in [0.717, 1.165) is 13.1 Å². The second-order valence-electron chi connectivity index (χ2n) is 5.51.